The SMILES string of the molecule is COc1cccc(C(=O)OCC(=O)N(C)[C@H](C)c2nc3ccccc3s2)c1OC. The van der Waals surface area contributed by atoms with Crippen molar-refractivity contribution in [3.63, 3.8) is 0 Å². The van der Waals surface area contributed by atoms with Crippen LogP contribution in [-0.4, -0.2) is 49.6 Å². The molecule has 0 aliphatic heterocycles. The first-order chi connectivity index (χ1) is 14.0. The monoisotopic (exact) mass is 414 g/mol. The fourth-order valence-electron chi connectivity index (χ4n) is 2.81. The molecule has 1 amide bonds. The number of ether oxygens (including phenoxy) is 3. The van der Waals surface area contributed by atoms with Crippen LogP contribution in [0.2, 0.25) is 0 Å². The van der Waals surface area contributed by atoms with Gasteiger partial charge in [0, 0.05) is 7.05 Å². The highest BCUT2D eigenvalue weighted by atomic mass is 32.1. The maximum absolute atomic E-state index is 12.6. The summed E-state index contributed by atoms with van der Waals surface area (Å²) in [7, 11) is 4.58. The average Bonchev–Trinajstić information content (AvgIpc) is 3.19. The molecular formula is C21H22N2O5S. The van der Waals surface area contributed by atoms with Crippen molar-refractivity contribution in [2.75, 3.05) is 27.9 Å². The second-order valence-electron chi connectivity index (χ2n) is 6.32. The van der Waals surface area contributed by atoms with Gasteiger partial charge in [0.25, 0.3) is 5.91 Å². The maximum atomic E-state index is 12.6. The summed E-state index contributed by atoms with van der Waals surface area (Å²) in [6.45, 7) is 1.51. The number of methoxy groups -OCH3 is 2. The highest BCUT2D eigenvalue weighted by molar-refractivity contribution is 7.18. The number of hydrogen-bond donors (Lipinski definition) is 0. The van der Waals surface area contributed by atoms with Crippen molar-refractivity contribution >= 4 is 33.4 Å². The Bertz CT molecular complexity index is 1000. The zero-order valence-electron chi connectivity index (χ0n) is 16.7. The van der Waals surface area contributed by atoms with Gasteiger partial charge in [0.1, 0.15) is 10.6 Å². The fourth-order valence-corrected chi connectivity index (χ4v) is 3.87. The standard InChI is InChI=1S/C21H22N2O5S/c1-13(20-22-15-9-5-6-11-17(15)29-20)23(2)18(24)12-28-21(25)14-8-7-10-16(26-3)19(14)27-4/h5-11,13H,12H2,1-4H3/t13-/m1/s1. The maximum Gasteiger partial charge on any atom is 0.342 e. The lowest BCUT2D eigenvalue weighted by atomic mass is 10.2. The van der Waals surface area contributed by atoms with Crippen LogP contribution in [0.25, 0.3) is 10.2 Å². The minimum atomic E-state index is -0.657. The van der Waals surface area contributed by atoms with Crippen molar-refractivity contribution in [3.05, 3.63) is 53.0 Å². The van der Waals surface area contributed by atoms with E-state index in [9.17, 15) is 9.59 Å². The number of para-hydroxylation sites is 2. The Morgan fingerprint density at radius 3 is 2.55 bits per heavy atom. The van der Waals surface area contributed by atoms with Crippen LogP contribution in [0.15, 0.2) is 42.5 Å². The van der Waals surface area contributed by atoms with Crippen LogP contribution in [0.1, 0.15) is 28.3 Å². The fraction of sp³-hybridized carbons (Fsp3) is 0.286. The smallest absolute Gasteiger partial charge is 0.342 e. The summed E-state index contributed by atoms with van der Waals surface area (Å²) >= 11 is 1.54. The van der Waals surface area contributed by atoms with Crippen molar-refractivity contribution in [2.45, 2.75) is 13.0 Å². The average molecular weight is 414 g/mol. The van der Waals surface area contributed by atoms with Gasteiger partial charge in [0.2, 0.25) is 0 Å². The molecule has 0 spiro atoms. The summed E-state index contributed by atoms with van der Waals surface area (Å²) < 4.78 is 16.7. The summed E-state index contributed by atoms with van der Waals surface area (Å²) in [6.07, 6.45) is 0. The van der Waals surface area contributed by atoms with Gasteiger partial charge in [-0.2, -0.15) is 0 Å². The van der Waals surface area contributed by atoms with E-state index in [4.69, 9.17) is 14.2 Å². The second kappa shape index (κ2) is 8.91. The summed E-state index contributed by atoms with van der Waals surface area (Å²) in [6, 6.07) is 12.5. The molecule has 0 aliphatic carbocycles. The van der Waals surface area contributed by atoms with E-state index in [0.29, 0.717) is 5.75 Å². The molecule has 1 atom stereocenters. The predicted molar refractivity (Wildman–Crippen MR) is 111 cm³/mol. The van der Waals surface area contributed by atoms with Gasteiger partial charge in [-0.05, 0) is 31.2 Å². The number of amides is 1. The van der Waals surface area contributed by atoms with Crippen LogP contribution in [0.3, 0.4) is 0 Å². The zero-order valence-corrected chi connectivity index (χ0v) is 17.5. The Kier molecular flexibility index (Phi) is 6.33. The second-order valence-corrected chi connectivity index (χ2v) is 7.38. The molecule has 7 nitrogen and oxygen atoms in total. The van der Waals surface area contributed by atoms with Gasteiger partial charge in [0.15, 0.2) is 18.1 Å². The Labute approximate surface area is 172 Å². The largest absolute Gasteiger partial charge is 0.493 e. The number of fused-ring (bicyclic) bond motifs is 1. The molecule has 0 saturated heterocycles. The van der Waals surface area contributed by atoms with Crippen molar-refractivity contribution < 1.29 is 23.8 Å². The first-order valence-electron chi connectivity index (χ1n) is 8.95. The van der Waals surface area contributed by atoms with E-state index >= 15 is 0 Å². The molecule has 3 aromatic rings. The number of aromatic nitrogens is 1. The van der Waals surface area contributed by atoms with E-state index in [1.165, 1.54) is 30.5 Å². The molecule has 8 heteroatoms. The third-order valence-electron chi connectivity index (χ3n) is 4.59. The number of rotatable bonds is 7. The van der Waals surface area contributed by atoms with E-state index in [0.717, 1.165) is 15.2 Å². The van der Waals surface area contributed by atoms with E-state index < -0.39 is 5.97 Å². The Morgan fingerprint density at radius 2 is 1.86 bits per heavy atom. The van der Waals surface area contributed by atoms with Crippen molar-refractivity contribution in [3.8, 4) is 11.5 Å². The van der Waals surface area contributed by atoms with Crippen LogP contribution in [-0.2, 0) is 9.53 Å². The minimum absolute atomic E-state index is 0.196. The van der Waals surface area contributed by atoms with Crippen molar-refractivity contribution in [1.29, 1.82) is 0 Å². The first-order valence-corrected chi connectivity index (χ1v) is 9.77. The lowest BCUT2D eigenvalue weighted by Gasteiger charge is -2.23. The third kappa shape index (κ3) is 4.32. The van der Waals surface area contributed by atoms with Gasteiger partial charge in [-0.25, -0.2) is 9.78 Å². The predicted octanol–water partition coefficient (Wildman–Crippen LogP) is 3.69. The number of benzene rings is 2. The van der Waals surface area contributed by atoms with Gasteiger partial charge in [-0.1, -0.05) is 18.2 Å². The Morgan fingerprint density at radius 1 is 1.10 bits per heavy atom. The molecule has 0 bridgehead atoms. The topological polar surface area (TPSA) is 78.0 Å². The lowest BCUT2D eigenvalue weighted by molar-refractivity contribution is -0.135. The van der Waals surface area contributed by atoms with E-state index in [-0.39, 0.29) is 29.9 Å². The zero-order chi connectivity index (χ0) is 21.0. The quantitative estimate of drug-likeness (QED) is 0.549. The van der Waals surface area contributed by atoms with Gasteiger partial charge in [-0.15, -0.1) is 11.3 Å². The third-order valence-corrected chi connectivity index (χ3v) is 5.80. The van der Waals surface area contributed by atoms with Crippen LogP contribution >= 0.6 is 11.3 Å². The molecule has 0 radical (unpaired) electrons. The summed E-state index contributed by atoms with van der Waals surface area (Å²) in [5.74, 6) is -0.305. The van der Waals surface area contributed by atoms with Crippen LogP contribution < -0.4 is 9.47 Å². The normalized spacial score (nSPS) is 11.7. The van der Waals surface area contributed by atoms with Gasteiger partial charge in [-0.3, -0.25) is 4.79 Å². The molecule has 29 heavy (non-hydrogen) atoms. The molecule has 152 valence electrons. The highest BCUT2D eigenvalue weighted by Gasteiger charge is 2.23. The number of hydrogen-bond acceptors (Lipinski definition) is 7. The number of carbonyl (C=O) groups is 2. The highest BCUT2D eigenvalue weighted by Crippen LogP contribution is 2.31. The molecule has 0 unspecified atom stereocenters. The number of esters is 1. The summed E-state index contributed by atoms with van der Waals surface area (Å²) in [5.41, 5.74) is 1.10. The molecule has 3 rings (SSSR count). The molecule has 1 heterocycles. The van der Waals surface area contributed by atoms with Crippen LogP contribution in [0.4, 0.5) is 0 Å². The number of likely N-dealkylation sites (N-methyl/N-ethyl adjacent to an activating group) is 1. The molecule has 1 aromatic heterocycles. The molecule has 0 fully saturated rings. The summed E-state index contributed by atoms with van der Waals surface area (Å²) in [5, 5.41) is 0.822. The molecule has 0 saturated carbocycles. The first kappa shape index (κ1) is 20.6. The van der Waals surface area contributed by atoms with Crippen LogP contribution in [0.5, 0.6) is 11.5 Å². The van der Waals surface area contributed by atoms with Gasteiger partial charge < -0.3 is 19.1 Å². The van der Waals surface area contributed by atoms with Gasteiger partial charge >= 0.3 is 5.97 Å². The van der Waals surface area contributed by atoms with Gasteiger partial charge in [0.05, 0.1) is 30.5 Å². The van der Waals surface area contributed by atoms with E-state index in [1.54, 1.807) is 25.2 Å². The minimum Gasteiger partial charge on any atom is -0.493 e. The van der Waals surface area contributed by atoms with Crippen molar-refractivity contribution in [1.82, 2.24) is 9.88 Å². The Hall–Kier alpha value is -3.13. The number of nitrogens with zero attached hydrogens (tertiary/aromatic N) is 2. The van der Waals surface area contributed by atoms with E-state index in [2.05, 4.69) is 4.98 Å². The van der Waals surface area contributed by atoms with Crippen LogP contribution in [0, 0.1) is 0 Å². The van der Waals surface area contributed by atoms with E-state index in [1.807, 2.05) is 31.2 Å². The molecule has 0 N–H and O–H groups in total. The Balaban J connectivity index is 1.66. The molecular weight excluding hydrogens is 392 g/mol. The molecule has 2 aromatic carbocycles. The lowest BCUT2D eigenvalue weighted by Crippen LogP contribution is -2.33. The summed E-state index contributed by atoms with van der Waals surface area (Å²) in [4.78, 5) is 31.1. The number of thiazole rings is 1. The van der Waals surface area contributed by atoms with Crippen molar-refractivity contribution in [2.24, 2.45) is 0 Å². The number of carbonyl (C=O) groups excluding carboxylic acids is 2. The molecule has 0 aliphatic rings.